The Balaban J connectivity index is 1.73. The SMILES string of the molecule is CN1C(=O)NC2NC(N3CCOCC3)=NC21. The Labute approximate surface area is 93.4 Å². The molecule has 3 heterocycles. The number of fused-ring (bicyclic) bond motifs is 1. The summed E-state index contributed by atoms with van der Waals surface area (Å²) in [4.78, 5) is 19.6. The monoisotopic (exact) mass is 225 g/mol. The van der Waals surface area contributed by atoms with Gasteiger partial charge in [0.1, 0.15) is 6.17 Å². The number of ether oxygens (including phenoxy) is 1. The molecule has 2 saturated heterocycles. The number of carbonyl (C=O) groups excluding carboxylic acids is 1. The number of urea groups is 1. The molecule has 2 amide bonds. The number of nitrogens with zero attached hydrogens (tertiary/aromatic N) is 3. The van der Waals surface area contributed by atoms with Gasteiger partial charge in [0.15, 0.2) is 12.1 Å². The molecule has 2 fully saturated rings. The van der Waals surface area contributed by atoms with E-state index in [-0.39, 0.29) is 18.4 Å². The Morgan fingerprint density at radius 1 is 1.38 bits per heavy atom. The number of guanidine groups is 1. The van der Waals surface area contributed by atoms with Gasteiger partial charge in [0.05, 0.1) is 13.2 Å². The summed E-state index contributed by atoms with van der Waals surface area (Å²) < 4.78 is 5.29. The summed E-state index contributed by atoms with van der Waals surface area (Å²) in [5.41, 5.74) is 0. The van der Waals surface area contributed by atoms with E-state index < -0.39 is 0 Å². The molecule has 0 aromatic carbocycles. The fourth-order valence-corrected chi connectivity index (χ4v) is 2.17. The summed E-state index contributed by atoms with van der Waals surface area (Å²) in [6.45, 7) is 3.17. The summed E-state index contributed by atoms with van der Waals surface area (Å²) in [6, 6.07) is -0.0766. The van der Waals surface area contributed by atoms with Crippen LogP contribution in [0.25, 0.3) is 0 Å². The number of morpholine rings is 1. The molecule has 7 nitrogen and oxygen atoms in total. The first-order valence-corrected chi connectivity index (χ1v) is 5.46. The van der Waals surface area contributed by atoms with Crippen LogP contribution in [0, 0.1) is 0 Å². The van der Waals surface area contributed by atoms with Gasteiger partial charge in [0.25, 0.3) is 0 Å². The van der Waals surface area contributed by atoms with Crippen molar-refractivity contribution in [2.24, 2.45) is 4.99 Å². The predicted octanol–water partition coefficient (Wildman–Crippen LogP) is -1.41. The van der Waals surface area contributed by atoms with E-state index in [9.17, 15) is 4.79 Å². The molecule has 0 saturated carbocycles. The van der Waals surface area contributed by atoms with Crippen molar-refractivity contribution in [1.29, 1.82) is 0 Å². The number of carbonyl (C=O) groups is 1. The molecule has 0 aliphatic carbocycles. The van der Waals surface area contributed by atoms with Crippen molar-refractivity contribution in [2.45, 2.75) is 12.3 Å². The third-order valence-electron chi connectivity index (χ3n) is 3.14. The summed E-state index contributed by atoms with van der Waals surface area (Å²) in [5, 5.41) is 6.07. The van der Waals surface area contributed by atoms with Crippen molar-refractivity contribution < 1.29 is 9.53 Å². The van der Waals surface area contributed by atoms with Gasteiger partial charge in [-0.2, -0.15) is 0 Å². The first kappa shape index (κ1) is 9.71. The van der Waals surface area contributed by atoms with Crippen LogP contribution in [-0.4, -0.2) is 67.5 Å². The van der Waals surface area contributed by atoms with Crippen LogP contribution in [0.2, 0.25) is 0 Å². The average Bonchev–Trinajstić information content (AvgIpc) is 2.82. The predicted molar refractivity (Wildman–Crippen MR) is 56.8 cm³/mol. The van der Waals surface area contributed by atoms with Gasteiger partial charge in [-0.15, -0.1) is 0 Å². The van der Waals surface area contributed by atoms with Crippen LogP contribution in [0.1, 0.15) is 0 Å². The molecule has 0 aromatic rings. The number of hydrogen-bond donors (Lipinski definition) is 2. The van der Waals surface area contributed by atoms with Crippen LogP contribution >= 0.6 is 0 Å². The Bertz CT molecular complexity index is 339. The largest absolute Gasteiger partial charge is 0.378 e. The Hall–Kier alpha value is -1.50. The zero-order chi connectivity index (χ0) is 11.1. The lowest BCUT2D eigenvalue weighted by Gasteiger charge is -2.28. The van der Waals surface area contributed by atoms with E-state index in [4.69, 9.17) is 4.74 Å². The fourth-order valence-electron chi connectivity index (χ4n) is 2.17. The summed E-state index contributed by atoms with van der Waals surface area (Å²) in [5.74, 6) is 0.866. The molecule has 3 aliphatic rings. The maximum absolute atomic E-state index is 11.3. The van der Waals surface area contributed by atoms with Gasteiger partial charge in [0.2, 0.25) is 0 Å². The van der Waals surface area contributed by atoms with Crippen molar-refractivity contribution in [2.75, 3.05) is 33.4 Å². The first-order chi connectivity index (χ1) is 7.75. The molecular weight excluding hydrogens is 210 g/mol. The second kappa shape index (κ2) is 3.51. The normalized spacial score (nSPS) is 33.3. The molecule has 3 rings (SSSR count). The molecule has 3 aliphatic heterocycles. The molecule has 2 N–H and O–H groups in total. The zero-order valence-corrected chi connectivity index (χ0v) is 9.14. The highest BCUT2D eigenvalue weighted by molar-refractivity contribution is 5.86. The Kier molecular flexibility index (Phi) is 2.13. The van der Waals surface area contributed by atoms with E-state index in [1.54, 1.807) is 11.9 Å². The fraction of sp³-hybridized carbons (Fsp3) is 0.778. The van der Waals surface area contributed by atoms with Crippen LogP contribution in [0.3, 0.4) is 0 Å². The second-order valence-corrected chi connectivity index (χ2v) is 4.15. The highest BCUT2D eigenvalue weighted by Crippen LogP contribution is 2.17. The number of amides is 2. The van der Waals surface area contributed by atoms with Crippen LogP contribution in [0.4, 0.5) is 4.79 Å². The van der Waals surface area contributed by atoms with E-state index in [0.29, 0.717) is 0 Å². The summed E-state index contributed by atoms with van der Waals surface area (Å²) >= 11 is 0. The Morgan fingerprint density at radius 2 is 2.12 bits per heavy atom. The Morgan fingerprint density at radius 3 is 2.81 bits per heavy atom. The van der Waals surface area contributed by atoms with Gasteiger partial charge in [-0.25, -0.2) is 9.79 Å². The number of hydrogen-bond acceptors (Lipinski definition) is 5. The van der Waals surface area contributed by atoms with E-state index in [0.717, 1.165) is 32.3 Å². The first-order valence-electron chi connectivity index (χ1n) is 5.46. The number of likely N-dealkylation sites (N-methyl/N-ethyl adjacent to an activating group) is 1. The molecular formula is C9H15N5O2. The third-order valence-corrected chi connectivity index (χ3v) is 3.14. The van der Waals surface area contributed by atoms with Gasteiger partial charge in [0, 0.05) is 20.1 Å². The van der Waals surface area contributed by atoms with Gasteiger partial charge >= 0.3 is 6.03 Å². The summed E-state index contributed by atoms with van der Waals surface area (Å²) in [7, 11) is 1.76. The molecule has 2 atom stereocenters. The van der Waals surface area contributed by atoms with E-state index >= 15 is 0 Å². The minimum Gasteiger partial charge on any atom is -0.378 e. The van der Waals surface area contributed by atoms with Crippen molar-refractivity contribution in [3.05, 3.63) is 0 Å². The zero-order valence-electron chi connectivity index (χ0n) is 9.14. The maximum atomic E-state index is 11.3. The van der Waals surface area contributed by atoms with Crippen LogP contribution in [0.15, 0.2) is 4.99 Å². The van der Waals surface area contributed by atoms with E-state index in [2.05, 4.69) is 20.5 Å². The second-order valence-electron chi connectivity index (χ2n) is 4.15. The molecule has 7 heteroatoms. The molecule has 0 radical (unpaired) electrons. The molecule has 88 valence electrons. The van der Waals surface area contributed by atoms with E-state index in [1.807, 2.05) is 0 Å². The van der Waals surface area contributed by atoms with Gasteiger partial charge in [-0.05, 0) is 0 Å². The lowest BCUT2D eigenvalue weighted by Crippen LogP contribution is -2.50. The highest BCUT2D eigenvalue weighted by atomic mass is 16.5. The minimum absolute atomic E-state index is 0.0766. The number of nitrogens with one attached hydrogen (secondary N) is 2. The van der Waals surface area contributed by atoms with Crippen molar-refractivity contribution in [1.82, 2.24) is 20.4 Å². The van der Waals surface area contributed by atoms with Crippen LogP contribution in [0.5, 0.6) is 0 Å². The quantitative estimate of drug-likeness (QED) is 0.531. The van der Waals surface area contributed by atoms with Crippen LogP contribution < -0.4 is 10.6 Å². The van der Waals surface area contributed by atoms with Gasteiger partial charge in [-0.3, -0.25) is 0 Å². The average molecular weight is 225 g/mol. The standard InChI is InChI=1S/C9H15N5O2/c1-13-7-6(11-9(13)15)10-8(12-7)14-2-4-16-5-3-14/h6-7H,2-5H2,1H3,(H,10,12)(H,11,15). The third kappa shape index (κ3) is 1.39. The highest BCUT2D eigenvalue weighted by Gasteiger charge is 2.42. The smallest absolute Gasteiger partial charge is 0.320 e. The molecule has 0 spiro atoms. The minimum atomic E-state index is -0.120. The number of rotatable bonds is 0. The van der Waals surface area contributed by atoms with Crippen molar-refractivity contribution >= 4 is 12.0 Å². The number of aliphatic imine (C=N–C) groups is 1. The molecule has 2 unspecified atom stereocenters. The lowest BCUT2D eigenvalue weighted by atomic mass is 10.4. The van der Waals surface area contributed by atoms with Crippen LogP contribution in [-0.2, 0) is 4.74 Å². The molecule has 16 heavy (non-hydrogen) atoms. The lowest BCUT2D eigenvalue weighted by molar-refractivity contribution is 0.0667. The summed E-state index contributed by atoms with van der Waals surface area (Å²) in [6.07, 6.45) is -0.208. The maximum Gasteiger partial charge on any atom is 0.320 e. The van der Waals surface area contributed by atoms with Crippen molar-refractivity contribution in [3.8, 4) is 0 Å². The van der Waals surface area contributed by atoms with Gasteiger partial charge < -0.3 is 25.2 Å². The molecule has 0 bridgehead atoms. The van der Waals surface area contributed by atoms with Gasteiger partial charge in [-0.1, -0.05) is 0 Å². The van der Waals surface area contributed by atoms with Crippen molar-refractivity contribution in [3.63, 3.8) is 0 Å². The van der Waals surface area contributed by atoms with E-state index in [1.165, 1.54) is 0 Å². The molecule has 0 aromatic heterocycles. The topological polar surface area (TPSA) is 69.2 Å².